The van der Waals surface area contributed by atoms with Gasteiger partial charge in [-0.25, -0.2) is 14.9 Å². The van der Waals surface area contributed by atoms with Crippen LogP contribution in [0.25, 0.3) is 5.65 Å². The summed E-state index contributed by atoms with van der Waals surface area (Å²) in [5, 5.41) is 0.489. The molecule has 1 atom stereocenters. The van der Waals surface area contributed by atoms with Crippen molar-refractivity contribution in [3.8, 4) is 0 Å². The van der Waals surface area contributed by atoms with Crippen molar-refractivity contribution in [2.45, 2.75) is 24.6 Å². The number of aromatic nitrogens is 2. The number of carbonyl (C=O) groups excluding carboxylic acids is 2. The Bertz CT molecular complexity index is 1830. The Morgan fingerprint density at radius 2 is 1.67 bits per heavy atom. The lowest BCUT2D eigenvalue weighted by Gasteiger charge is -2.36. The first-order chi connectivity index (χ1) is 21.0. The van der Waals surface area contributed by atoms with Gasteiger partial charge in [-0.15, -0.1) is 0 Å². The third-order valence-electron chi connectivity index (χ3n) is 7.91. The van der Waals surface area contributed by atoms with E-state index < -0.39 is 6.04 Å². The second-order valence-electron chi connectivity index (χ2n) is 10.6. The number of nitrogens with zero attached hydrogens (tertiary/aromatic N) is 7. The van der Waals surface area contributed by atoms with Gasteiger partial charge >= 0.3 is 0 Å². The Balaban J connectivity index is 1.04. The molecule has 2 amide bonds. The van der Waals surface area contributed by atoms with Gasteiger partial charge in [0.05, 0.1) is 11.4 Å². The van der Waals surface area contributed by atoms with Gasteiger partial charge in [0.2, 0.25) is 5.91 Å². The van der Waals surface area contributed by atoms with Gasteiger partial charge in [-0.05, 0) is 42.8 Å². The van der Waals surface area contributed by atoms with Crippen LogP contribution in [0.1, 0.15) is 24.1 Å². The average molecular weight is 592 g/mol. The Morgan fingerprint density at radius 1 is 0.907 bits per heavy atom. The average Bonchev–Trinajstić information content (AvgIpc) is 3.39. The fourth-order valence-electron chi connectivity index (χ4n) is 5.67. The highest BCUT2D eigenvalue weighted by molar-refractivity contribution is 8.13. The van der Waals surface area contributed by atoms with Gasteiger partial charge in [-0.2, -0.15) is 0 Å². The number of amides is 2. The first-order valence-electron chi connectivity index (χ1n) is 14.3. The van der Waals surface area contributed by atoms with E-state index in [9.17, 15) is 14.4 Å². The summed E-state index contributed by atoms with van der Waals surface area (Å²) in [5.41, 5.74) is 3.68. The number of hydrogen-bond donors (Lipinski definition) is 0. The SMILES string of the molecule is O=C(CCC1N=C2c3ccccc3N=C(SCc3cc(=O)n4ccccc4n3)N2C1=O)N1CCN(c2ccccc2)CC1. The zero-order valence-electron chi connectivity index (χ0n) is 23.4. The second-order valence-corrected chi connectivity index (χ2v) is 11.5. The normalized spacial score (nSPS) is 17.9. The van der Waals surface area contributed by atoms with Crippen LogP contribution in [0, 0.1) is 0 Å². The molecule has 5 heterocycles. The third kappa shape index (κ3) is 5.32. The Morgan fingerprint density at radius 3 is 2.51 bits per heavy atom. The smallest absolute Gasteiger partial charge is 0.259 e. The first kappa shape index (κ1) is 27.1. The standard InChI is InChI=1S/C32H29N7O3S/c40-28(37-18-16-36(17-19-37)23-8-2-1-3-9-23)14-13-26-31(42)39-30(34-26)24-10-4-5-11-25(24)35-32(39)43-21-22-20-29(41)38-15-7-6-12-27(38)33-22/h1-12,15,20,26H,13-14,16-19,21H2. The molecule has 0 N–H and O–H groups in total. The van der Waals surface area contributed by atoms with Gasteiger partial charge in [-0.3, -0.25) is 23.8 Å². The predicted molar refractivity (Wildman–Crippen MR) is 168 cm³/mol. The van der Waals surface area contributed by atoms with Crippen LogP contribution in [-0.4, -0.2) is 74.2 Å². The molecule has 1 saturated heterocycles. The van der Waals surface area contributed by atoms with Crippen LogP contribution >= 0.6 is 11.8 Å². The molecule has 3 aliphatic rings. The zero-order chi connectivity index (χ0) is 29.3. The largest absolute Gasteiger partial charge is 0.368 e. The van der Waals surface area contributed by atoms with E-state index in [1.54, 1.807) is 23.2 Å². The van der Waals surface area contributed by atoms with Crippen molar-refractivity contribution in [3.63, 3.8) is 0 Å². The number of piperazine rings is 1. The number of carbonyl (C=O) groups is 2. The van der Waals surface area contributed by atoms with Crippen molar-refractivity contribution < 1.29 is 9.59 Å². The van der Waals surface area contributed by atoms with E-state index in [1.807, 2.05) is 53.4 Å². The molecule has 0 aliphatic carbocycles. The molecule has 3 aliphatic heterocycles. The molecule has 216 valence electrons. The number of benzene rings is 2. The lowest BCUT2D eigenvalue weighted by molar-refractivity contribution is -0.131. The van der Waals surface area contributed by atoms with Crippen LogP contribution in [-0.2, 0) is 15.3 Å². The fourth-order valence-corrected chi connectivity index (χ4v) is 6.57. The van der Waals surface area contributed by atoms with Crippen LogP contribution in [0.15, 0.2) is 99.8 Å². The molecule has 0 spiro atoms. The summed E-state index contributed by atoms with van der Waals surface area (Å²) in [7, 11) is 0. The highest BCUT2D eigenvalue weighted by Crippen LogP contribution is 2.35. The minimum Gasteiger partial charge on any atom is -0.368 e. The topological polar surface area (TPSA) is 103 Å². The van der Waals surface area contributed by atoms with Crippen LogP contribution in [0.2, 0.25) is 0 Å². The van der Waals surface area contributed by atoms with Gasteiger partial charge in [0.1, 0.15) is 17.5 Å². The molecule has 2 aromatic heterocycles. The predicted octanol–water partition coefficient (Wildman–Crippen LogP) is 3.72. The van der Waals surface area contributed by atoms with Crippen LogP contribution in [0.4, 0.5) is 11.4 Å². The minimum absolute atomic E-state index is 0.0444. The van der Waals surface area contributed by atoms with Gasteiger partial charge in [0.15, 0.2) is 5.17 Å². The number of rotatable bonds is 6. The molecule has 10 nitrogen and oxygen atoms in total. The van der Waals surface area contributed by atoms with Crippen molar-refractivity contribution in [1.82, 2.24) is 19.2 Å². The number of hydrogen-bond acceptors (Lipinski definition) is 8. The summed E-state index contributed by atoms with van der Waals surface area (Å²) < 4.78 is 1.49. The lowest BCUT2D eigenvalue weighted by atomic mass is 10.1. The summed E-state index contributed by atoms with van der Waals surface area (Å²) in [6, 6.07) is 24.1. The Kier molecular flexibility index (Phi) is 7.23. The number of thioether (sulfide) groups is 1. The maximum atomic E-state index is 13.7. The minimum atomic E-state index is -0.662. The fraction of sp³-hybridized carbons (Fsp3) is 0.250. The maximum Gasteiger partial charge on any atom is 0.259 e. The monoisotopic (exact) mass is 591 g/mol. The molecule has 0 saturated carbocycles. The number of pyridine rings is 1. The van der Waals surface area contributed by atoms with Gasteiger partial charge in [0, 0.05) is 61.9 Å². The Labute approximate surface area is 252 Å². The van der Waals surface area contributed by atoms with Crippen LogP contribution in [0.5, 0.6) is 0 Å². The van der Waals surface area contributed by atoms with E-state index in [1.165, 1.54) is 22.2 Å². The number of para-hydroxylation sites is 2. The molecule has 1 unspecified atom stereocenters. The van der Waals surface area contributed by atoms with Gasteiger partial charge < -0.3 is 9.80 Å². The quantitative estimate of drug-likeness (QED) is 0.339. The first-order valence-corrected chi connectivity index (χ1v) is 15.3. The molecule has 4 aromatic rings. The highest BCUT2D eigenvalue weighted by Gasteiger charge is 2.41. The van der Waals surface area contributed by atoms with E-state index >= 15 is 0 Å². The van der Waals surface area contributed by atoms with Crippen molar-refractivity contribution in [3.05, 3.63) is 107 Å². The molecular weight excluding hydrogens is 562 g/mol. The summed E-state index contributed by atoms with van der Waals surface area (Å²) in [5.74, 6) is 0.766. The number of amidine groups is 2. The van der Waals surface area contributed by atoms with E-state index in [-0.39, 0.29) is 23.8 Å². The van der Waals surface area contributed by atoms with Gasteiger partial charge in [-0.1, -0.05) is 48.2 Å². The summed E-state index contributed by atoms with van der Waals surface area (Å²) in [4.78, 5) is 59.4. The molecule has 7 rings (SSSR count). The number of fused-ring (bicyclic) bond motifs is 4. The molecular formula is C32H29N7O3S. The highest BCUT2D eigenvalue weighted by atomic mass is 32.2. The van der Waals surface area contributed by atoms with Crippen molar-refractivity contribution in [2.24, 2.45) is 9.98 Å². The van der Waals surface area contributed by atoms with Gasteiger partial charge in [0.25, 0.3) is 11.5 Å². The van der Waals surface area contributed by atoms with Crippen LogP contribution in [0.3, 0.4) is 0 Å². The van der Waals surface area contributed by atoms with E-state index in [0.717, 1.165) is 30.0 Å². The van der Waals surface area contributed by atoms with Crippen molar-refractivity contribution >= 4 is 51.6 Å². The zero-order valence-corrected chi connectivity index (χ0v) is 24.2. The van der Waals surface area contributed by atoms with E-state index in [2.05, 4.69) is 22.0 Å². The second kappa shape index (κ2) is 11.5. The molecule has 2 aromatic carbocycles. The summed E-state index contributed by atoms with van der Waals surface area (Å²) in [6.45, 7) is 2.86. The van der Waals surface area contributed by atoms with Crippen molar-refractivity contribution in [2.75, 3.05) is 31.1 Å². The van der Waals surface area contributed by atoms with E-state index in [0.29, 0.717) is 47.6 Å². The van der Waals surface area contributed by atoms with Crippen LogP contribution < -0.4 is 10.5 Å². The molecule has 0 radical (unpaired) electrons. The third-order valence-corrected chi connectivity index (χ3v) is 8.88. The lowest BCUT2D eigenvalue weighted by Crippen LogP contribution is -2.49. The summed E-state index contributed by atoms with van der Waals surface area (Å²) >= 11 is 1.34. The number of aliphatic imine (C=N–C) groups is 2. The van der Waals surface area contributed by atoms with E-state index in [4.69, 9.17) is 9.98 Å². The molecule has 43 heavy (non-hydrogen) atoms. The molecule has 11 heteroatoms. The Hall–Kier alpha value is -4.77. The molecule has 0 bridgehead atoms. The molecule has 1 fully saturated rings. The van der Waals surface area contributed by atoms with Crippen molar-refractivity contribution in [1.29, 1.82) is 0 Å². The number of anilines is 1. The summed E-state index contributed by atoms with van der Waals surface area (Å²) in [6.07, 6.45) is 2.27. The maximum absolute atomic E-state index is 13.7.